The molecule has 0 fully saturated rings. The fraction of sp³-hybridized carbons (Fsp3) is 0.350. The molecular formula is C20H26N2O3S. The van der Waals surface area contributed by atoms with Crippen molar-refractivity contribution >= 4 is 21.6 Å². The molecule has 0 aliphatic heterocycles. The maximum Gasteiger partial charge on any atom is 0.246 e. The number of hydrogen-bond acceptors (Lipinski definition) is 3. The lowest BCUT2D eigenvalue weighted by atomic mass is 10.1. The zero-order valence-electron chi connectivity index (χ0n) is 15.7. The summed E-state index contributed by atoms with van der Waals surface area (Å²) >= 11 is 0. The zero-order valence-corrected chi connectivity index (χ0v) is 16.5. The largest absolute Gasteiger partial charge is 0.340 e. The molecule has 0 bridgehead atoms. The molecule has 0 N–H and O–H groups in total. The van der Waals surface area contributed by atoms with Crippen LogP contribution in [0.2, 0.25) is 0 Å². The van der Waals surface area contributed by atoms with Crippen molar-refractivity contribution in [1.29, 1.82) is 0 Å². The van der Waals surface area contributed by atoms with Crippen LogP contribution in [-0.2, 0) is 21.4 Å². The van der Waals surface area contributed by atoms with Crippen LogP contribution in [0.1, 0.15) is 24.5 Å². The van der Waals surface area contributed by atoms with Crippen LogP contribution in [0.3, 0.4) is 0 Å². The Morgan fingerprint density at radius 1 is 1.04 bits per heavy atom. The van der Waals surface area contributed by atoms with Gasteiger partial charge in [-0.15, -0.1) is 0 Å². The van der Waals surface area contributed by atoms with E-state index in [9.17, 15) is 13.2 Å². The molecule has 0 heterocycles. The number of carbonyl (C=O) groups excluding carboxylic acids is 1. The number of nitrogens with zero attached hydrogens (tertiary/aromatic N) is 2. The molecule has 1 atom stereocenters. The van der Waals surface area contributed by atoms with Crippen LogP contribution in [-0.4, -0.2) is 38.6 Å². The van der Waals surface area contributed by atoms with Crippen LogP contribution in [0.5, 0.6) is 0 Å². The van der Waals surface area contributed by atoms with E-state index in [1.54, 1.807) is 36.2 Å². The van der Waals surface area contributed by atoms with Gasteiger partial charge in [-0.25, -0.2) is 8.42 Å². The van der Waals surface area contributed by atoms with Crippen molar-refractivity contribution in [3.63, 3.8) is 0 Å². The standard InChI is InChI=1S/C20H26N2O3S/c1-5-19(22(26(4,24)25)18-9-7-6-8-10-18)20(23)21(3)15-17-13-11-16(2)12-14-17/h6-14,19H,5,15H2,1-4H3/t19-/m0/s1. The monoisotopic (exact) mass is 374 g/mol. The zero-order chi connectivity index (χ0) is 19.3. The Balaban J connectivity index is 2.28. The summed E-state index contributed by atoms with van der Waals surface area (Å²) in [5.41, 5.74) is 2.66. The van der Waals surface area contributed by atoms with Gasteiger partial charge in [0.25, 0.3) is 0 Å². The normalized spacial score (nSPS) is 12.5. The Morgan fingerprint density at radius 3 is 2.12 bits per heavy atom. The van der Waals surface area contributed by atoms with E-state index in [0.717, 1.165) is 17.4 Å². The van der Waals surface area contributed by atoms with Crippen molar-refractivity contribution in [2.75, 3.05) is 17.6 Å². The van der Waals surface area contributed by atoms with Gasteiger partial charge < -0.3 is 4.90 Å². The Morgan fingerprint density at radius 2 is 1.62 bits per heavy atom. The molecule has 1 amide bonds. The van der Waals surface area contributed by atoms with Gasteiger partial charge in [0.05, 0.1) is 11.9 Å². The SMILES string of the molecule is CC[C@@H](C(=O)N(C)Cc1ccc(C)cc1)N(c1ccccc1)S(C)(=O)=O. The molecule has 0 radical (unpaired) electrons. The Hall–Kier alpha value is -2.34. The first kappa shape index (κ1) is 20.0. The van der Waals surface area contributed by atoms with E-state index in [-0.39, 0.29) is 5.91 Å². The summed E-state index contributed by atoms with van der Waals surface area (Å²) < 4.78 is 26.0. The maximum atomic E-state index is 13.0. The summed E-state index contributed by atoms with van der Waals surface area (Å²) in [4.78, 5) is 14.6. The number of aryl methyl sites for hydroxylation is 1. The Kier molecular flexibility index (Phi) is 6.42. The van der Waals surface area contributed by atoms with Crippen LogP contribution in [0.25, 0.3) is 0 Å². The average molecular weight is 375 g/mol. The van der Waals surface area contributed by atoms with Crippen LogP contribution in [0.4, 0.5) is 5.69 Å². The molecule has 2 aromatic rings. The fourth-order valence-corrected chi connectivity index (χ4v) is 4.12. The third kappa shape index (κ3) is 4.85. The number of amides is 1. The molecule has 26 heavy (non-hydrogen) atoms. The number of hydrogen-bond donors (Lipinski definition) is 0. The Labute approximate surface area is 156 Å². The molecule has 0 saturated heterocycles. The van der Waals surface area contributed by atoms with Gasteiger partial charge >= 0.3 is 0 Å². The van der Waals surface area contributed by atoms with Gasteiger partial charge in [-0.05, 0) is 31.0 Å². The highest BCUT2D eigenvalue weighted by Crippen LogP contribution is 2.23. The third-order valence-corrected chi connectivity index (χ3v) is 5.42. The smallest absolute Gasteiger partial charge is 0.246 e. The number of benzene rings is 2. The molecule has 0 spiro atoms. The molecular weight excluding hydrogens is 348 g/mol. The number of para-hydroxylation sites is 1. The summed E-state index contributed by atoms with van der Waals surface area (Å²) in [5, 5.41) is 0. The van der Waals surface area contributed by atoms with Crippen molar-refractivity contribution in [2.24, 2.45) is 0 Å². The van der Waals surface area contributed by atoms with Gasteiger partial charge in [0.1, 0.15) is 6.04 Å². The second kappa shape index (κ2) is 8.36. The van der Waals surface area contributed by atoms with E-state index in [4.69, 9.17) is 0 Å². The highest BCUT2D eigenvalue weighted by atomic mass is 32.2. The average Bonchev–Trinajstić information content (AvgIpc) is 2.60. The lowest BCUT2D eigenvalue weighted by molar-refractivity contribution is -0.131. The molecule has 0 aromatic heterocycles. The fourth-order valence-electron chi connectivity index (χ4n) is 2.92. The first-order chi connectivity index (χ1) is 12.2. The topological polar surface area (TPSA) is 57.7 Å². The molecule has 2 rings (SSSR count). The van der Waals surface area contributed by atoms with Crippen molar-refractivity contribution in [3.05, 3.63) is 65.7 Å². The summed E-state index contributed by atoms with van der Waals surface area (Å²) in [6, 6.07) is 15.9. The van der Waals surface area contributed by atoms with Crippen LogP contribution < -0.4 is 4.31 Å². The molecule has 6 heteroatoms. The molecule has 0 aliphatic rings. The first-order valence-electron chi connectivity index (χ1n) is 8.59. The van der Waals surface area contributed by atoms with Crippen LogP contribution in [0, 0.1) is 6.92 Å². The lowest BCUT2D eigenvalue weighted by Crippen LogP contribution is -2.49. The van der Waals surface area contributed by atoms with Gasteiger partial charge in [-0.1, -0.05) is 55.0 Å². The van der Waals surface area contributed by atoms with E-state index < -0.39 is 16.1 Å². The first-order valence-corrected chi connectivity index (χ1v) is 10.4. The number of anilines is 1. The van der Waals surface area contributed by atoms with Crippen molar-refractivity contribution in [3.8, 4) is 0 Å². The molecule has 5 nitrogen and oxygen atoms in total. The second-order valence-corrected chi connectivity index (χ2v) is 8.36. The minimum atomic E-state index is -3.60. The molecule has 0 saturated carbocycles. The number of carbonyl (C=O) groups is 1. The highest BCUT2D eigenvalue weighted by Gasteiger charge is 2.33. The van der Waals surface area contributed by atoms with E-state index >= 15 is 0 Å². The van der Waals surface area contributed by atoms with E-state index in [1.165, 1.54) is 4.31 Å². The second-order valence-electron chi connectivity index (χ2n) is 6.50. The molecule has 2 aromatic carbocycles. The van der Waals surface area contributed by atoms with Gasteiger partial charge in [-0.2, -0.15) is 0 Å². The third-order valence-electron chi connectivity index (χ3n) is 4.24. The van der Waals surface area contributed by atoms with Gasteiger partial charge in [0.15, 0.2) is 0 Å². The summed E-state index contributed by atoms with van der Waals surface area (Å²) in [6.45, 7) is 4.26. The van der Waals surface area contributed by atoms with Crippen LogP contribution in [0.15, 0.2) is 54.6 Å². The predicted octanol–water partition coefficient (Wildman–Crippen LogP) is 3.20. The summed E-state index contributed by atoms with van der Waals surface area (Å²) in [5.74, 6) is -0.220. The van der Waals surface area contributed by atoms with Crippen molar-refractivity contribution < 1.29 is 13.2 Å². The van der Waals surface area contributed by atoms with Crippen molar-refractivity contribution in [2.45, 2.75) is 32.9 Å². The number of rotatable bonds is 7. The van der Waals surface area contributed by atoms with E-state index in [2.05, 4.69) is 0 Å². The van der Waals surface area contributed by atoms with Gasteiger partial charge in [-0.3, -0.25) is 9.10 Å². The highest BCUT2D eigenvalue weighted by molar-refractivity contribution is 7.92. The number of sulfonamides is 1. The lowest BCUT2D eigenvalue weighted by Gasteiger charge is -2.32. The van der Waals surface area contributed by atoms with E-state index in [0.29, 0.717) is 18.7 Å². The van der Waals surface area contributed by atoms with Gasteiger partial charge in [0.2, 0.25) is 15.9 Å². The maximum absolute atomic E-state index is 13.0. The quantitative estimate of drug-likeness (QED) is 0.748. The molecule has 0 aliphatic carbocycles. The summed E-state index contributed by atoms with van der Waals surface area (Å²) in [6.07, 6.45) is 1.52. The van der Waals surface area contributed by atoms with Gasteiger partial charge in [0, 0.05) is 13.6 Å². The molecule has 140 valence electrons. The van der Waals surface area contributed by atoms with Crippen LogP contribution >= 0.6 is 0 Å². The number of likely N-dealkylation sites (N-methyl/N-ethyl adjacent to an activating group) is 1. The summed E-state index contributed by atoms with van der Waals surface area (Å²) in [7, 11) is -1.90. The predicted molar refractivity (Wildman–Crippen MR) is 105 cm³/mol. The van der Waals surface area contributed by atoms with Crippen molar-refractivity contribution in [1.82, 2.24) is 4.90 Å². The van der Waals surface area contributed by atoms with E-state index in [1.807, 2.05) is 44.2 Å². The Bertz CT molecular complexity index is 833. The minimum Gasteiger partial charge on any atom is -0.340 e. The minimum absolute atomic E-state index is 0.220. The molecule has 0 unspecified atom stereocenters.